The molecule has 1 aromatic carbocycles. The lowest BCUT2D eigenvalue weighted by atomic mass is 10.1. The molecule has 0 saturated carbocycles. The predicted octanol–water partition coefficient (Wildman–Crippen LogP) is 3.18. The van der Waals surface area contributed by atoms with Gasteiger partial charge in [-0.15, -0.1) is 0 Å². The number of esters is 1. The van der Waals surface area contributed by atoms with Crippen molar-refractivity contribution in [3.63, 3.8) is 0 Å². The molecule has 1 fully saturated rings. The summed E-state index contributed by atoms with van der Waals surface area (Å²) in [5.41, 5.74) is 0.846. The average molecular weight is 369 g/mol. The Morgan fingerprint density at radius 2 is 1.80 bits per heavy atom. The van der Waals surface area contributed by atoms with E-state index in [0.29, 0.717) is 43.3 Å². The molecule has 1 aromatic rings. The summed E-state index contributed by atoms with van der Waals surface area (Å²) >= 11 is 5.99. The number of benzene rings is 1. The predicted molar refractivity (Wildman–Crippen MR) is 95.9 cm³/mol. The lowest BCUT2D eigenvalue weighted by Crippen LogP contribution is -2.49. The van der Waals surface area contributed by atoms with Crippen molar-refractivity contribution in [2.75, 3.05) is 33.3 Å². The van der Waals surface area contributed by atoms with E-state index in [-0.39, 0.29) is 6.09 Å². The molecule has 0 N–H and O–H groups in total. The van der Waals surface area contributed by atoms with Crippen molar-refractivity contribution < 1.29 is 19.1 Å². The van der Waals surface area contributed by atoms with Gasteiger partial charge >= 0.3 is 12.1 Å². The van der Waals surface area contributed by atoms with Crippen LogP contribution in [0.1, 0.15) is 36.7 Å². The Morgan fingerprint density at radius 1 is 1.16 bits per heavy atom. The number of halogens is 1. The SMILES string of the molecule is COC(=O)c1cc(Cl)ccc1CN1CCN(C(=O)OC(C)(C)C)CC1. The smallest absolute Gasteiger partial charge is 0.410 e. The number of hydrogen-bond acceptors (Lipinski definition) is 5. The first kappa shape index (κ1) is 19.5. The molecular weight excluding hydrogens is 344 g/mol. The Hall–Kier alpha value is -1.79. The number of amides is 1. The molecule has 1 saturated heterocycles. The summed E-state index contributed by atoms with van der Waals surface area (Å²) in [5.74, 6) is -0.398. The quantitative estimate of drug-likeness (QED) is 0.767. The van der Waals surface area contributed by atoms with Crippen LogP contribution in [-0.4, -0.2) is 60.8 Å². The molecule has 1 aliphatic rings. The van der Waals surface area contributed by atoms with Crippen LogP contribution in [0.4, 0.5) is 4.79 Å². The molecule has 0 bridgehead atoms. The Kier molecular flexibility index (Phi) is 6.30. The maximum atomic E-state index is 12.1. The maximum Gasteiger partial charge on any atom is 0.410 e. The summed E-state index contributed by atoms with van der Waals surface area (Å²) in [6, 6.07) is 5.23. The fourth-order valence-electron chi connectivity index (χ4n) is 2.64. The van der Waals surface area contributed by atoms with Crippen molar-refractivity contribution in [3.8, 4) is 0 Å². The lowest BCUT2D eigenvalue weighted by molar-refractivity contribution is 0.0139. The van der Waals surface area contributed by atoms with E-state index in [1.54, 1.807) is 17.0 Å². The normalized spacial score (nSPS) is 15.8. The number of methoxy groups -OCH3 is 1. The first-order valence-corrected chi connectivity index (χ1v) is 8.64. The summed E-state index contributed by atoms with van der Waals surface area (Å²) in [5, 5.41) is 0.499. The Morgan fingerprint density at radius 3 is 2.36 bits per heavy atom. The molecule has 0 unspecified atom stereocenters. The number of piperazine rings is 1. The molecule has 0 aromatic heterocycles. The summed E-state index contributed by atoms with van der Waals surface area (Å²) in [6.45, 7) is 8.78. The fourth-order valence-corrected chi connectivity index (χ4v) is 2.81. The molecule has 138 valence electrons. The minimum Gasteiger partial charge on any atom is -0.465 e. The zero-order valence-corrected chi connectivity index (χ0v) is 15.9. The molecule has 0 spiro atoms. The first-order chi connectivity index (χ1) is 11.7. The van der Waals surface area contributed by atoms with Crippen molar-refractivity contribution in [3.05, 3.63) is 34.3 Å². The van der Waals surface area contributed by atoms with Crippen molar-refractivity contribution in [2.24, 2.45) is 0 Å². The minimum atomic E-state index is -0.493. The Labute approximate surface area is 153 Å². The van der Waals surface area contributed by atoms with Crippen LogP contribution in [0, 0.1) is 0 Å². The van der Waals surface area contributed by atoms with Gasteiger partial charge in [0.1, 0.15) is 5.60 Å². The zero-order chi connectivity index (χ0) is 18.6. The van der Waals surface area contributed by atoms with Gasteiger partial charge in [0, 0.05) is 37.7 Å². The van der Waals surface area contributed by atoms with Gasteiger partial charge in [0.2, 0.25) is 0 Å². The average Bonchev–Trinajstić information content (AvgIpc) is 2.54. The second-order valence-electron chi connectivity index (χ2n) is 7.04. The van der Waals surface area contributed by atoms with Gasteiger partial charge in [-0.1, -0.05) is 17.7 Å². The minimum absolute atomic E-state index is 0.283. The van der Waals surface area contributed by atoms with Gasteiger partial charge in [-0.2, -0.15) is 0 Å². The molecule has 1 amide bonds. The second kappa shape index (κ2) is 8.06. The number of nitrogens with zero attached hydrogens (tertiary/aromatic N) is 2. The largest absolute Gasteiger partial charge is 0.465 e. The third-order valence-electron chi connectivity index (χ3n) is 3.90. The Bertz CT molecular complexity index is 634. The summed E-state index contributed by atoms with van der Waals surface area (Å²) < 4.78 is 10.2. The number of carbonyl (C=O) groups is 2. The van der Waals surface area contributed by atoms with Gasteiger partial charge in [-0.3, -0.25) is 4.90 Å². The van der Waals surface area contributed by atoms with Crippen LogP contribution in [0.3, 0.4) is 0 Å². The third-order valence-corrected chi connectivity index (χ3v) is 4.13. The van der Waals surface area contributed by atoms with Gasteiger partial charge in [0.25, 0.3) is 0 Å². The number of hydrogen-bond donors (Lipinski definition) is 0. The van der Waals surface area contributed by atoms with E-state index >= 15 is 0 Å². The number of rotatable bonds is 3. The fraction of sp³-hybridized carbons (Fsp3) is 0.556. The van der Waals surface area contributed by atoms with E-state index in [1.807, 2.05) is 26.8 Å². The van der Waals surface area contributed by atoms with Crippen molar-refractivity contribution in [2.45, 2.75) is 32.9 Å². The second-order valence-corrected chi connectivity index (χ2v) is 7.47. The molecule has 0 aliphatic carbocycles. The van der Waals surface area contributed by atoms with E-state index in [1.165, 1.54) is 7.11 Å². The maximum absolute atomic E-state index is 12.1. The Balaban J connectivity index is 1.97. The van der Waals surface area contributed by atoms with Crippen LogP contribution in [0.2, 0.25) is 5.02 Å². The van der Waals surface area contributed by atoms with E-state index in [4.69, 9.17) is 21.1 Å². The summed E-state index contributed by atoms with van der Waals surface area (Å²) in [4.78, 5) is 27.9. The standard InChI is InChI=1S/C18H25ClN2O4/c1-18(2,3)25-17(23)21-9-7-20(8-10-21)12-13-5-6-14(19)11-15(13)16(22)24-4/h5-6,11H,7-10,12H2,1-4H3. The molecular formula is C18H25ClN2O4. The molecule has 1 heterocycles. The molecule has 1 aliphatic heterocycles. The van der Waals surface area contributed by atoms with Gasteiger partial charge < -0.3 is 14.4 Å². The van der Waals surface area contributed by atoms with Crippen molar-refractivity contribution >= 4 is 23.7 Å². The van der Waals surface area contributed by atoms with Crippen LogP contribution in [0.5, 0.6) is 0 Å². The molecule has 0 radical (unpaired) electrons. The number of ether oxygens (including phenoxy) is 2. The highest BCUT2D eigenvalue weighted by Crippen LogP contribution is 2.20. The first-order valence-electron chi connectivity index (χ1n) is 8.26. The summed E-state index contributed by atoms with van der Waals surface area (Å²) in [7, 11) is 1.35. The molecule has 25 heavy (non-hydrogen) atoms. The molecule has 0 atom stereocenters. The van der Waals surface area contributed by atoms with Crippen molar-refractivity contribution in [1.82, 2.24) is 9.80 Å². The monoisotopic (exact) mass is 368 g/mol. The van der Waals surface area contributed by atoms with E-state index in [2.05, 4.69) is 4.90 Å². The van der Waals surface area contributed by atoms with Gasteiger partial charge in [-0.25, -0.2) is 9.59 Å². The highest BCUT2D eigenvalue weighted by atomic mass is 35.5. The van der Waals surface area contributed by atoms with E-state index in [0.717, 1.165) is 5.56 Å². The third kappa shape index (κ3) is 5.61. The highest BCUT2D eigenvalue weighted by Gasteiger charge is 2.26. The van der Waals surface area contributed by atoms with E-state index < -0.39 is 11.6 Å². The highest BCUT2D eigenvalue weighted by molar-refractivity contribution is 6.31. The van der Waals surface area contributed by atoms with Gasteiger partial charge in [-0.05, 0) is 38.5 Å². The van der Waals surface area contributed by atoms with Crippen LogP contribution in [0.25, 0.3) is 0 Å². The van der Waals surface area contributed by atoms with Gasteiger partial charge in [0.15, 0.2) is 0 Å². The number of carbonyl (C=O) groups excluding carboxylic acids is 2. The van der Waals surface area contributed by atoms with E-state index in [9.17, 15) is 9.59 Å². The zero-order valence-electron chi connectivity index (χ0n) is 15.2. The van der Waals surface area contributed by atoms with Crippen molar-refractivity contribution in [1.29, 1.82) is 0 Å². The summed E-state index contributed by atoms with van der Waals surface area (Å²) in [6.07, 6.45) is -0.283. The molecule has 7 heteroatoms. The van der Waals surface area contributed by atoms with Crippen LogP contribution < -0.4 is 0 Å². The van der Waals surface area contributed by atoms with Crippen LogP contribution >= 0.6 is 11.6 Å². The topological polar surface area (TPSA) is 59.1 Å². The van der Waals surface area contributed by atoms with Crippen LogP contribution in [-0.2, 0) is 16.0 Å². The lowest BCUT2D eigenvalue weighted by Gasteiger charge is -2.35. The molecule has 2 rings (SSSR count). The molecule has 6 nitrogen and oxygen atoms in total. The van der Waals surface area contributed by atoms with Crippen LogP contribution in [0.15, 0.2) is 18.2 Å². The van der Waals surface area contributed by atoms with Gasteiger partial charge in [0.05, 0.1) is 12.7 Å².